The van der Waals surface area contributed by atoms with E-state index in [1.54, 1.807) is 19.1 Å². The predicted molar refractivity (Wildman–Crippen MR) is 83.9 cm³/mol. The summed E-state index contributed by atoms with van der Waals surface area (Å²) < 4.78 is 18.7. The van der Waals surface area contributed by atoms with E-state index in [2.05, 4.69) is 0 Å². The van der Waals surface area contributed by atoms with E-state index >= 15 is 0 Å². The number of carbonyl (C=O) groups is 1. The monoisotopic (exact) mass is 298 g/mol. The summed E-state index contributed by atoms with van der Waals surface area (Å²) in [7, 11) is 0. The van der Waals surface area contributed by atoms with Crippen LogP contribution in [-0.4, -0.2) is 12.4 Å². The Morgan fingerprint density at radius 3 is 2.59 bits per heavy atom. The molecule has 0 aromatic heterocycles. The molecule has 2 atom stereocenters. The Labute approximate surface area is 129 Å². The lowest BCUT2D eigenvalue weighted by Crippen LogP contribution is -2.04. The second-order valence-electron chi connectivity index (χ2n) is 5.78. The molecule has 114 valence electrons. The van der Waals surface area contributed by atoms with Gasteiger partial charge < -0.3 is 4.74 Å². The van der Waals surface area contributed by atoms with Crippen LogP contribution in [0.2, 0.25) is 0 Å². The number of Topliss-reactive ketones (excluding diaryl/α,β-unsaturated/α-hetero) is 1. The Balaban J connectivity index is 1.70. The second-order valence-corrected chi connectivity index (χ2v) is 5.78. The molecule has 0 spiro atoms. The van der Waals surface area contributed by atoms with Gasteiger partial charge in [-0.2, -0.15) is 0 Å². The normalized spacial score (nSPS) is 19.8. The molecule has 2 nitrogen and oxygen atoms in total. The average Bonchev–Trinajstić information content (AvgIpc) is 3.31. The second kappa shape index (κ2) is 5.91. The Morgan fingerprint density at radius 1 is 1.23 bits per heavy atom. The van der Waals surface area contributed by atoms with Crippen LogP contribution in [0.3, 0.4) is 0 Å². The SMILES string of the molecule is CCOc1ccc(C2CC2C(=O)c2ccc(F)c(C)c2)cc1. The standard InChI is InChI=1S/C19H19FO2/c1-3-22-15-7-4-13(5-8-15)16-11-17(16)19(21)14-6-9-18(20)12(2)10-14/h4-10,16-17H,3,11H2,1-2H3. The molecule has 0 amide bonds. The fraction of sp³-hybridized carbons (Fsp3) is 0.316. The summed E-state index contributed by atoms with van der Waals surface area (Å²) in [4.78, 5) is 12.5. The minimum atomic E-state index is -0.268. The number of hydrogen-bond acceptors (Lipinski definition) is 2. The van der Waals surface area contributed by atoms with Crippen molar-refractivity contribution in [3.63, 3.8) is 0 Å². The first-order valence-electron chi connectivity index (χ1n) is 7.63. The van der Waals surface area contributed by atoms with Crippen molar-refractivity contribution >= 4 is 5.78 Å². The van der Waals surface area contributed by atoms with Crippen LogP contribution in [0, 0.1) is 18.7 Å². The molecule has 3 rings (SSSR count). The van der Waals surface area contributed by atoms with Crippen LogP contribution >= 0.6 is 0 Å². The van der Waals surface area contributed by atoms with E-state index in [0.717, 1.165) is 12.2 Å². The third-order valence-electron chi connectivity index (χ3n) is 4.19. The maximum atomic E-state index is 13.3. The van der Waals surface area contributed by atoms with E-state index < -0.39 is 0 Å². The van der Waals surface area contributed by atoms with Crippen LogP contribution in [-0.2, 0) is 0 Å². The van der Waals surface area contributed by atoms with Crippen molar-refractivity contribution in [1.82, 2.24) is 0 Å². The van der Waals surface area contributed by atoms with Gasteiger partial charge in [-0.05, 0) is 67.6 Å². The molecule has 1 saturated carbocycles. The number of benzene rings is 2. The lowest BCUT2D eigenvalue weighted by atomic mass is 10.0. The van der Waals surface area contributed by atoms with Crippen LogP contribution in [0.5, 0.6) is 5.75 Å². The Morgan fingerprint density at radius 2 is 1.95 bits per heavy atom. The number of hydrogen-bond donors (Lipinski definition) is 0. The largest absolute Gasteiger partial charge is 0.494 e. The Hall–Kier alpha value is -2.16. The number of rotatable bonds is 5. The molecule has 0 radical (unpaired) electrons. The molecule has 0 N–H and O–H groups in total. The summed E-state index contributed by atoms with van der Waals surface area (Å²) in [6.07, 6.45) is 0.864. The third-order valence-corrected chi connectivity index (χ3v) is 4.19. The van der Waals surface area contributed by atoms with Gasteiger partial charge in [-0.15, -0.1) is 0 Å². The number of aryl methyl sites for hydroxylation is 1. The van der Waals surface area contributed by atoms with E-state index in [0.29, 0.717) is 17.7 Å². The first-order chi connectivity index (χ1) is 10.6. The van der Waals surface area contributed by atoms with Crippen molar-refractivity contribution in [3.05, 3.63) is 65.0 Å². The fourth-order valence-electron chi connectivity index (χ4n) is 2.84. The number of carbonyl (C=O) groups excluding carboxylic acids is 1. The zero-order valence-electron chi connectivity index (χ0n) is 12.8. The summed E-state index contributed by atoms with van der Waals surface area (Å²) in [6, 6.07) is 12.5. The number of ketones is 1. The van der Waals surface area contributed by atoms with E-state index in [1.807, 2.05) is 31.2 Å². The fourth-order valence-corrected chi connectivity index (χ4v) is 2.84. The van der Waals surface area contributed by atoms with Gasteiger partial charge in [0.2, 0.25) is 0 Å². The topological polar surface area (TPSA) is 26.3 Å². The molecule has 0 heterocycles. The van der Waals surface area contributed by atoms with Crippen LogP contribution < -0.4 is 4.74 Å². The maximum Gasteiger partial charge on any atom is 0.166 e. The van der Waals surface area contributed by atoms with Crippen LogP contribution in [0.25, 0.3) is 0 Å². The minimum absolute atomic E-state index is 0.0165. The summed E-state index contributed by atoms with van der Waals surface area (Å²) >= 11 is 0. The summed E-state index contributed by atoms with van der Waals surface area (Å²) in [6.45, 7) is 4.28. The van der Waals surface area contributed by atoms with Crippen molar-refractivity contribution in [2.75, 3.05) is 6.61 Å². The van der Waals surface area contributed by atoms with E-state index in [4.69, 9.17) is 4.74 Å². The first-order valence-corrected chi connectivity index (χ1v) is 7.63. The smallest absolute Gasteiger partial charge is 0.166 e. The quantitative estimate of drug-likeness (QED) is 0.759. The summed E-state index contributed by atoms with van der Waals surface area (Å²) in [5.74, 6) is 0.984. The molecule has 0 bridgehead atoms. The number of ether oxygens (including phenoxy) is 1. The molecule has 0 saturated heterocycles. The van der Waals surface area contributed by atoms with Gasteiger partial charge in [-0.25, -0.2) is 4.39 Å². The lowest BCUT2D eigenvalue weighted by molar-refractivity contribution is 0.0965. The van der Waals surface area contributed by atoms with Gasteiger partial charge >= 0.3 is 0 Å². The van der Waals surface area contributed by atoms with Gasteiger partial charge in [0.15, 0.2) is 5.78 Å². The summed E-state index contributed by atoms with van der Waals surface area (Å²) in [5.41, 5.74) is 2.29. The van der Waals surface area contributed by atoms with Crippen molar-refractivity contribution in [1.29, 1.82) is 0 Å². The molecule has 2 aromatic carbocycles. The molecular formula is C19H19FO2. The Bertz CT molecular complexity index is 691. The van der Waals surface area contributed by atoms with Gasteiger partial charge in [0.25, 0.3) is 0 Å². The van der Waals surface area contributed by atoms with Crippen LogP contribution in [0.15, 0.2) is 42.5 Å². The van der Waals surface area contributed by atoms with Gasteiger partial charge in [-0.3, -0.25) is 4.79 Å². The van der Waals surface area contributed by atoms with Crippen molar-refractivity contribution in [2.24, 2.45) is 5.92 Å². The molecule has 22 heavy (non-hydrogen) atoms. The molecule has 1 aliphatic carbocycles. The highest BCUT2D eigenvalue weighted by Crippen LogP contribution is 2.49. The van der Waals surface area contributed by atoms with Crippen LogP contribution in [0.4, 0.5) is 4.39 Å². The highest BCUT2D eigenvalue weighted by molar-refractivity contribution is 6.00. The predicted octanol–water partition coefficient (Wildman–Crippen LogP) is 4.52. The van der Waals surface area contributed by atoms with E-state index in [1.165, 1.54) is 11.6 Å². The van der Waals surface area contributed by atoms with Crippen molar-refractivity contribution in [3.8, 4) is 5.75 Å². The van der Waals surface area contributed by atoms with Gasteiger partial charge in [0.1, 0.15) is 11.6 Å². The van der Waals surface area contributed by atoms with E-state index in [9.17, 15) is 9.18 Å². The third kappa shape index (κ3) is 2.89. The molecule has 2 unspecified atom stereocenters. The lowest BCUT2D eigenvalue weighted by Gasteiger charge is -2.05. The average molecular weight is 298 g/mol. The van der Waals surface area contributed by atoms with Gasteiger partial charge in [0, 0.05) is 11.5 Å². The van der Waals surface area contributed by atoms with Gasteiger partial charge in [0.05, 0.1) is 6.61 Å². The van der Waals surface area contributed by atoms with Crippen LogP contribution in [0.1, 0.15) is 40.7 Å². The molecule has 0 aliphatic heterocycles. The molecule has 3 heteroatoms. The molecule has 1 fully saturated rings. The highest BCUT2D eigenvalue weighted by atomic mass is 19.1. The van der Waals surface area contributed by atoms with E-state index in [-0.39, 0.29) is 23.4 Å². The molecular weight excluding hydrogens is 279 g/mol. The molecule has 1 aliphatic rings. The first kappa shape index (κ1) is 14.8. The van der Waals surface area contributed by atoms with Crippen molar-refractivity contribution < 1.29 is 13.9 Å². The summed E-state index contributed by atoms with van der Waals surface area (Å²) in [5, 5.41) is 0. The zero-order valence-corrected chi connectivity index (χ0v) is 12.8. The molecule has 2 aromatic rings. The van der Waals surface area contributed by atoms with Crippen molar-refractivity contribution in [2.45, 2.75) is 26.2 Å². The van der Waals surface area contributed by atoms with Gasteiger partial charge in [-0.1, -0.05) is 12.1 Å². The number of halogens is 1. The minimum Gasteiger partial charge on any atom is -0.494 e. The Kier molecular flexibility index (Phi) is 3.97. The maximum absolute atomic E-state index is 13.3. The highest BCUT2D eigenvalue weighted by Gasteiger charge is 2.44. The zero-order chi connectivity index (χ0) is 15.7.